The average Bonchev–Trinajstić information content (AvgIpc) is 3.82. The van der Waals surface area contributed by atoms with E-state index in [2.05, 4.69) is 158 Å². The quantitative estimate of drug-likeness (QED) is 0.142. The maximum atomic E-state index is 2.33. The number of benzene rings is 6. The molecule has 0 N–H and O–H groups in total. The lowest BCUT2D eigenvalue weighted by Gasteiger charge is -2.07. The van der Waals surface area contributed by atoms with Gasteiger partial charge in [0.15, 0.2) is 0 Å². The highest BCUT2D eigenvalue weighted by Crippen LogP contribution is 2.45. The number of aryl methyl sites for hydroxylation is 6. The molecule has 9 rings (SSSR count). The van der Waals surface area contributed by atoms with Crippen LogP contribution in [0.5, 0.6) is 0 Å². The summed E-state index contributed by atoms with van der Waals surface area (Å²) in [7, 11) is 0. The topological polar surface area (TPSA) is 0 Å². The Kier molecular flexibility index (Phi) is 72.3. The molecule has 6 aromatic carbocycles. The monoisotopic (exact) mass is 973 g/mol. The third-order valence-corrected chi connectivity index (χ3v) is 10.0. The highest BCUT2D eigenvalue weighted by atomic mass is 14.3. The third kappa shape index (κ3) is 24.0. The average molecular weight is 974 g/mol. The Hall–Kier alpha value is -4.68. The molecule has 0 heteroatoms. The zero-order valence-corrected chi connectivity index (χ0v) is 36.4. The lowest BCUT2D eigenvalue weighted by Crippen LogP contribution is -1.90. The van der Waals surface area contributed by atoms with E-state index in [1.54, 1.807) is 0 Å². The largest absolute Gasteiger partial charge is 0.0776 e. The molecule has 0 amide bonds. The van der Waals surface area contributed by atoms with Crippen LogP contribution in [0.4, 0.5) is 0 Å². The van der Waals surface area contributed by atoms with Gasteiger partial charge in [-0.15, -0.1) is 0 Å². The summed E-state index contributed by atoms with van der Waals surface area (Å²) in [6.07, 6.45) is 2.21. The molecule has 0 heterocycles. The molecule has 0 nitrogen and oxygen atoms in total. The molecule has 3 aliphatic carbocycles. The highest BCUT2D eigenvalue weighted by molar-refractivity contribution is 5.80. The van der Waals surface area contributed by atoms with E-state index in [0.29, 0.717) is 5.92 Å². The smallest absolute Gasteiger partial charge is 0.00735 e. The van der Waals surface area contributed by atoms with Crippen LogP contribution in [-0.2, 0) is 12.8 Å². The third-order valence-electron chi connectivity index (χ3n) is 10.0. The van der Waals surface area contributed by atoms with Crippen LogP contribution in [0, 0.1) is 41.5 Å². The van der Waals surface area contributed by atoms with Crippen molar-refractivity contribution >= 4 is 0 Å². The van der Waals surface area contributed by atoms with Gasteiger partial charge in [0.1, 0.15) is 0 Å². The van der Waals surface area contributed by atoms with E-state index in [1.165, 1.54) is 100 Å². The normalized spacial score (nSPS) is 8.79. The second-order valence-corrected chi connectivity index (χ2v) is 13.9. The first-order valence-electron chi connectivity index (χ1n) is 20.7. The van der Waals surface area contributed by atoms with Crippen LogP contribution in [-0.4, -0.2) is 0 Å². The fourth-order valence-electron chi connectivity index (χ4n) is 7.68. The van der Waals surface area contributed by atoms with Crippen molar-refractivity contribution in [2.24, 2.45) is 0 Å². The Morgan fingerprint density at radius 1 is 0.243 bits per heavy atom. The first-order valence-corrected chi connectivity index (χ1v) is 20.7. The van der Waals surface area contributed by atoms with Gasteiger partial charge in [0.05, 0.1) is 0 Å². The summed E-state index contributed by atoms with van der Waals surface area (Å²) in [4.78, 5) is 0. The van der Waals surface area contributed by atoms with Crippen LogP contribution >= 0.6 is 0 Å². The summed E-state index contributed by atoms with van der Waals surface area (Å²) in [5.41, 5.74) is 25.6. The molecule has 0 aromatic heterocycles. The van der Waals surface area contributed by atoms with Gasteiger partial charge in [-0.05, 0) is 121 Å². The van der Waals surface area contributed by atoms with Gasteiger partial charge in [0.25, 0.3) is 0 Å². The van der Waals surface area contributed by atoms with Crippen LogP contribution < -0.4 is 0 Å². The van der Waals surface area contributed by atoms with Gasteiger partial charge in [0, 0.05) is 5.92 Å². The Morgan fingerprint density at radius 3 is 0.586 bits per heavy atom. The molecule has 3 aliphatic rings. The molecular formula is C70H132. The van der Waals surface area contributed by atoms with E-state index >= 15 is 0 Å². The molecule has 6 aromatic rings. The lowest BCUT2D eigenvalue weighted by atomic mass is 9.97. The summed E-state index contributed by atoms with van der Waals surface area (Å²) in [5.74, 6) is 0.546. The Morgan fingerprint density at radius 2 is 0.400 bits per heavy atom. The van der Waals surface area contributed by atoms with Crippen molar-refractivity contribution in [3.05, 3.63) is 176 Å². The van der Waals surface area contributed by atoms with Gasteiger partial charge in [-0.1, -0.05) is 324 Å². The van der Waals surface area contributed by atoms with Crippen molar-refractivity contribution in [3.8, 4) is 33.4 Å². The number of fused-ring (bicyclic) bond motifs is 9. The maximum absolute atomic E-state index is 2.33. The van der Waals surface area contributed by atoms with Crippen molar-refractivity contribution in [1.82, 2.24) is 0 Å². The van der Waals surface area contributed by atoms with Crippen LogP contribution in [0.25, 0.3) is 33.4 Å². The van der Waals surface area contributed by atoms with Crippen molar-refractivity contribution in [1.29, 1.82) is 0 Å². The lowest BCUT2D eigenvalue weighted by molar-refractivity contribution is 0.952. The van der Waals surface area contributed by atoms with Crippen LogP contribution in [0.15, 0.2) is 109 Å². The number of hydrogen-bond donors (Lipinski definition) is 0. The van der Waals surface area contributed by atoms with Gasteiger partial charge in [0.2, 0.25) is 0 Å². The van der Waals surface area contributed by atoms with E-state index < -0.39 is 0 Å². The summed E-state index contributed by atoms with van der Waals surface area (Å²) in [6, 6.07) is 40.7. The molecule has 0 atom stereocenters. The Labute approximate surface area is 448 Å². The zero-order valence-electron chi connectivity index (χ0n) is 36.4. The Bertz CT molecular complexity index is 1870. The molecule has 70 heavy (non-hydrogen) atoms. The molecule has 0 saturated heterocycles. The maximum Gasteiger partial charge on any atom is 0.00735 e. The first kappa shape index (κ1) is 103. The fraction of sp³-hybridized carbons (Fsp3) is 0.486. The molecule has 0 unspecified atom stereocenters. The van der Waals surface area contributed by atoms with E-state index in [0.717, 1.165) is 12.8 Å². The molecular weight excluding hydrogens is 841 g/mol. The highest BCUT2D eigenvalue weighted by Gasteiger charge is 2.25. The Balaban J connectivity index is -0.0000000471. The zero-order chi connectivity index (χ0) is 40.1. The van der Waals surface area contributed by atoms with Crippen molar-refractivity contribution in [3.63, 3.8) is 0 Å². The predicted molar refractivity (Wildman–Crippen MR) is 350 cm³/mol. The van der Waals surface area contributed by atoms with Gasteiger partial charge in [-0.25, -0.2) is 0 Å². The van der Waals surface area contributed by atoms with E-state index in [9.17, 15) is 0 Å². The molecule has 0 fully saturated rings. The predicted octanol–water partition coefficient (Wildman–Crippen LogP) is 26.5. The minimum Gasteiger partial charge on any atom is -0.0776 e. The van der Waals surface area contributed by atoms with Gasteiger partial charge in [-0.2, -0.15) is 0 Å². The number of rotatable bonds is 0. The summed E-state index contributed by atoms with van der Waals surface area (Å²) in [6.45, 7) is 31.3. The minimum absolute atomic E-state index is 0. The van der Waals surface area contributed by atoms with E-state index in [-0.39, 0.29) is 119 Å². The second kappa shape index (κ2) is 49.3. The summed E-state index contributed by atoms with van der Waals surface area (Å²) < 4.78 is 0. The SMILES string of the molecule is C.C.C.C.C.C.C.C.C.C.C.C.C.C.C.C.CC.CC.CC.CC.Cc1ccc2c(c1)C(C)c1cc(C)ccc1-2.Cc1ccc2c(c1)Cc1cc(C)ccc1-2.Cc1ccc2c(c1)Cc1cc(C)ccc1-2. The fourth-order valence-corrected chi connectivity index (χ4v) is 7.68. The van der Waals surface area contributed by atoms with Gasteiger partial charge < -0.3 is 0 Å². The van der Waals surface area contributed by atoms with E-state index in [4.69, 9.17) is 0 Å². The van der Waals surface area contributed by atoms with Crippen molar-refractivity contribution in [2.75, 3.05) is 0 Å². The molecule has 0 spiro atoms. The van der Waals surface area contributed by atoms with Crippen LogP contribution in [0.3, 0.4) is 0 Å². The molecule has 0 radical (unpaired) electrons. The van der Waals surface area contributed by atoms with Crippen molar-refractivity contribution in [2.45, 2.75) is 241 Å². The summed E-state index contributed by atoms with van der Waals surface area (Å²) in [5, 5.41) is 0. The van der Waals surface area contributed by atoms with Gasteiger partial charge >= 0.3 is 0 Å². The minimum atomic E-state index is 0. The molecule has 0 bridgehead atoms. The van der Waals surface area contributed by atoms with E-state index in [1.807, 2.05) is 55.4 Å². The molecule has 0 aliphatic heterocycles. The van der Waals surface area contributed by atoms with Crippen LogP contribution in [0.1, 0.15) is 254 Å². The van der Waals surface area contributed by atoms with Crippen molar-refractivity contribution < 1.29 is 0 Å². The number of hydrogen-bond acceptors (Lipinski definition) is 0. The van der Waals surface area contributed by atoms with Crippen LogP contribution in [0.2, 0.25) is 0 Å². The second-order valence-electron chi connectivity index (χ2n) is 13.9. The molecule has 412 valence electrons. The standard InChI is InChI=1S/C16H16.2C15H14.4C2H6.16CH4/c1-10-4-6-13-14-7-5-11(2)9-16(14)12(3)15(13)8-10;2*1-10-3-5-14-12(7-10)9-13-8-11(2)4-6-15(13)14;4*1-2;;;;;;;;;;;;;;;;/h4-9,12H,1-3H3;2*3-8H,9H2,1-2H3;4*1-2H3;16*1H4. The first-order chi connectivity index (χ1) is 26.1. The summed E-state index contributed by atoms with van der Waals surface area (Å²) >= 11 is 0. The molecule has 0 saturated carbocycles. The van der Waals surface area contributed by atoms with Gasteiger partial charge in [-0.3, -0.25) is 0 Å².